The monoisotopic (exact) mass is 519 g/mol. The average Bonchev–Trinajstić information content (AvgIpc) is 2.76. The lowest BCUT2D eigenvalue weighted by molar-refractivity contribution is -0.385. The molecule has 1 N–H and O–H groups in total. The summed E-state index contributed by atoms with van der Waals surface area (Å²) in [5, 5.41) is 31.4. The maximum Gasteiger partial charge on any atom is 0.323 e. The number of carboxylic acids is 1. The summed E-state index contributed by atoms with van der Waals surface area (Å²) in [6.07, 6.45) is 1.23. The Hall–Kier alpha value is -3.08. The zero-order valence-electron chi connectivity index (χ0n) is 16.8. The van der Waals surface area contributed by atoms with Crippen molar-refractivity contribution in [2.45, 2.75) is 22.3 Å². The Labute approximate surface area is 192 Å². The number of aliphatic carboxylic acids is 1. The molecule has 33 heavy (non-hydrogen) atoms. The summed E-state index contributed by atoms with van der Waals surface area (Å²) in [5.74, 6) is -1.64. The average molecular weight is 520 g/mol. The van der Waals surface area contributed by atoms with E-state index in [1.807, 2.05) is 0 Å². The summed E-state index contributed by atoms with van der Waals surface area (Å²) in [6.45, 7) is 0. The minimum atomic E-state index is -5.05. The molecule has 0 saturated heterocycles. The van der Waals surface area contributed by atoms with Crippen LogP contribution in [0, 0.1) is 20.2 Å². The summed E-state index contributed by atoms with van der Waals surface area (Å²) in [6, 6.07) is 4.46. The van der Waals surface area contributed by atoms with Crippen LogP contribution in [0.1, 0.15) is 6.42 Å². The van der Waals surface area contributed by atoms with Crippen molar-refractivity contribution in [2.24, 2.45) is 0 Å². The maximum atomic E-state index is 13.3. The predicted molar refractivity (Wildman–Crippen MR) is 117 cm³/mol. The lowest BCUT2D eigenvalue weighted by atomic mass is 10.2. The zero-order chi connectivity index (χ0) is 25.0. The second kappa shape index (κ2) is 10.2. The highest BCUT2D eigenvalue weighted by Gasteiger charge is 2.45. The molecule has 16 heteroatoms. The van der Waals surface area contributed by atoms with Crippen LogP contribution in [0.5, 0.6) is 0 Å². The first-order chi connectivity index (χ1) is 15.3. The highest BCUT2D eigenvalue weighted by molar-refractivity contribution is 8.04. The Morgan fingerprint density at radius 2 is 1.27 bits per heavy atom. The number of benzene rings is 2. The van der Waals surface area contributed by atoms with Gasteiger partial charge in [-0.2, -0.15) is 11.8 Å². The molecule has 0 bridgehead atoms. The van der Waals surface area contributed by atoms with Gasteiger partial charge in [-0.25, -0.2) is 16.8 Å². The van der Waals surface area contributed by atoms with Gasteiger partial charge in [0, 0.05) is 24.3 Å². The Kier molecular flexibility index (Phi) is 8.12. The van der Waals surface area contributed by atoms with Crippen molar-refractivity contribution < 1.29 is 36.6 Å². The number of carbonyl (C=O) groups is 1. The number of nitro groups is 2. The number of nitro benzene ring substituents is 2. The second-order valence-corrected chi connectivity index (χ2v) is 11.2. The molecule has 1 unspecified atom stereocenters. The third-order valence-corrected chi connectivity index (χ3v) is 9.31. The molecule has 2 aromatic rings. The van der Waals surface area contributed by atoms with Crippen molar-refractivity contribution in [2.75, 3.05) is 12.0 Å². The van der Waals surface area contributed by atoms with Crippen LogP contribution in [-0.4, -0.2) is 59.5 Å². The van der Waals surface area contributed by atoms with Gasteiger partial charge in [-0.05, 0) is 42.7 Å². The van der Waals surface area contributed by atoms with E-state index in [-0.39, 0.29) is 15.9 Å². The standard InChI is InChI=1S/C17H17N3O10S3/c1-31-11-10-16(17(21)22)20(32(27,28)14-6-2-12(3-7-14)18(23)24)33(29,30)15-8-4-13(5-9-15)19(25)26/h2-9,16H,10-11H2,1H3,(H,21,22). The van der Waals surface area contributed by atoms with Crippen molar-refractivity contribution in [3.63, 3.8) is 0 Å². The van der Waals surface area contributed by atoms with E-state index >= 15 is 0 Å². The highest BCUT2D eigenvalue weighted by atomic mass is 32.3. The minimum absolute atomic E-state index is 0.0963. The fraction of sp³-hybridized carbons (Fsp3) is 0.235. The number of carboxylic acid groups (broad SMARTS) is 1. The summed E-state index contributed by atoms with van der Waals surface area (Å²) < 4.78 is 53.1. The minimum Gasteiger partial charge on any atom is -0.480 e. The van der Waals surface area contributed by atoms with E-state index in [0.29, 0.717) is 0 Å². The highest BCUT2D eigenvalue weighted by Crippen LogP contribution is 2.30. The molecule has 13 nitrogen and oxygen atoms in total. The van der Waals surface area contributed by atoms with Gasteiger partial charge in [0.15, 0.2) is 0 Å². The van der Waals surface area contributed by atoms with Crippen molar-refractivity contribution in [3.8, 4) is 0 Å². The molecule has 0 aromatic heterocycles. The molecule has 0 saturated carbocycles. The summed E-state index contributed by atoms with van der Waals surface area (Å²) in [7, 11) is -10.1. The van der Waals surface area contributed by atoms with E-state index in [1.54, 1.807) is 6.26 Å². The molecule has 1 atom stereocenters. The van der Waals surface area contributed by atoms with Crippen LogP contribution in [0.4, 0.5) is 11.4 Å². The van der Waals surface area contributed by atoms with E-state index in [9.17, 15) is 47.0 Å². The van der Waals surface area contributed by atoms with Crippen LogP contribution in [-0.2, 0) is 24.8 Å². The van der Waals surface area contributed by atoms with E-state index in [2.05, 4.69) is 0 Å². The SMILES string of the molecule is CSCCC(C(=O)O)N(S(=O)(=O)c1ccc([N+](=O)[O-])cc1)S(=O)(=O)c1ccc([N+](=O)[O-])cc1. The van der Waals surface area contributed by atoms with Gasteiger partial charge >= 0.3 is 5.97 Å². The van der Waals surface area contributed by atoms with Crippen LogP contribution in [0.2, 0.25) is 0 Å². The number of sulfonamides is 2. The van der Waals surface area contributed by atoms with Crippen LogP contribution < -0.4 is 0 Å². The van der Waals surface area contributed by atoms with Gasteiger partial charge in [0.1, 0.15) is 6.04 Å². The van der Waals surface area contributed by atoms with Gasteiger partial charge < -0.3 is 5.11 Å². The molecule has 0 radical (unpaired) electrons. The number of rotatable bonds is 11. The smallest absolute Gasteiger partial charge is 0.323 e. The molecule has 0 amide bonds. The van der Waals surface area contributed by atoms with E-state index in [1.165, 1.54) is 0 Å². The molecule has 0 spiro atoms. The molecule has 2 aromatic carbocycles. The molecule has 0 aliphatic carbocycles. The van der Waals surface area contributed by atoms with E-state index in [4.69, 9.17) is 0 Å². The molecule has 2 rings (SSSR count). The quantitative estimate of drug-likeness (QED) is 0.337. The molecule has 0 heterocycles. The summed E-state index contributed by atoms with van der Waals surface area (Å²) in [5.41, 5.74) is -0.924. The first-order valence-electron chi connectivity index (χ1n) is 8.84. The van der Waals surface area contributed by atoms with Gasteiger partial charge in [0.2, 0.25) is 0 Å². The molecule has 178 valence electrons. The first kappa shape index (κ1) is 26.2. The first-order valence-corrected chi connectivity index (χ1v) is 13.1. The fourth-order valence-electron chi connectivity index (χ4n) is 2.70. The van der Waals surface area contributed by atoms with Crippen LogP contribution in [0.15, 0.2) is 58.3 Å². The molecule has 0 fully saturated rings. The van der Waals surface area contributed by atoms with Gasteiger partial charge in [0.25, 0.3) is 31.4 Å². The van der Waals surface area contributed by atoms with Crippen molar-refractivity contribution >= 4 is 49.2 Å². The number of non-ortho nitro benzene ring substituents is 2. The Morgan fingerprint density at radius 1 is 0.909 bits per heavy atom. The van der Waals surface area contributed by atoms with Crippen LogP contribution in [0.3, 0.4) is 0 Å². The van der Waals surface area contributed by atoms with Gasteiger partial charge in [-0.1, -0.05) is 3.71 Å². The Bertz CT molecular complexity index is 1170. The van der Waals surface area contributed by atoms with Crippen molar-refractivity contribution in [3.05, 3.63) is 68.8 Å². The second-order valence-electron chi connectivity index (χ2n) is 6.37. The maximum absolute atomic E-state index is 13.3. The largest absolute Gasteiger partial charge is 0.480 e. The lowest BCUT2D eigenvalue weighted by Crippen LogP contribution is -2.48. The molecular formula is C17H17N3O10S3. The number of nitrogens with zero attached hydrogens (tertiary/aromatic N) is 3. The third-order valence-electron chi connectivity index (χ3n) is 4.30. The van der Waals surface area contributed by atoms with Crippen LogP contribution >= 0.6 is 11.8 Å². The molecule has 0 aliphatic rings. The van der Waals surface area contributed by atoms with Gasteiger partial charge in [-0.15, -0.1) is 0 Å². The molecular weight excluding hydrogens is 502 g/mol. The van der Waals surface area contributed by atoms with Gasteiger partial charge in [-0.3, -0.25) is 25.0 Å². The number of hydrogen-bond donors (Lipinski definition) is 1. The summed E-state index contributed by atoms with van der Waals surface area (Å²) >= 11 is 1.16. The molecule has 0 aliphatic heterocycles. The van der Waals surface area contributed by atoms with E-state index in [0.717, 1.165) is 60.3 Å². The normalized spacial score (nSPS) is 12.9. The Morgan fingerprint density at radius 3 is 1.55 bits per heavy atom. The van der Waals surface area contributed by atoms with Gasteiger partial charge in [0.05, 0.1) is 19.6 Å². The fourth-order valence-corrected chi connectivity index (χ4v) is 7.15. The van der Waals surface area contributed by atoms with E-state index < -0.39 is 63.1 Å². The topological polar surface area (TPSA) is 195 Å². The van der Waals surface area contributed by atoms with Crippen LogP contribution in [0.25, 0.3) is 0 Å². The number of hydrogen-bond acceptors (Lipinski definition) is 10. The Balaban J connectivity index is 2.72. The zero-order valence-corrected chi connectivity index (χ0v) is 19.2. The number of thioether (sulfide) groups is 1. The summed E-state index contributed by atoms with van der Waals surface area (Å²) in [4.78, 5) is 30.7. The lowest BCUT2D eigenvalue weighted by Gasteiger charge is -2.27. The predicted octanol–water partition coefficient (Wildman–Crippen LogP) is 2.09. The van der Waals surface area contributed by atoms with Crippen molar-refractivity contribution in [1.82, 2.24) is 3.71 Å². The third kappa shape index (κ3) is 5.65. The van der Waals surface area contributed by atoms with Crippen molar-refractivity contribution in [1.29, 1.82) is 0 Å².